The second-order valence-corrected chi connectivity index (χ2v) is 22.2. The van der Waals surface area contributed by atoms with Gasteiger partial charge < -0.3 is 9.13 Å². The fraction of sp³-hybridized carbons (Fsp3) is 0.0125. The molecule has 3 heterocycles. The molecule has 0 amide bonds. The van der Waals surface area contributed by atoms with Crippen LogP contribution in [0.1, 0.15) is 27.8 Å². The highest BCUT2D eigenvalue weighted by atomic mass is 19.4. The van der Waals surface area contributed by atoms with E-state index < -0.39 is 11.7 Å². The molecule has 0 N–H and O–H groups in total. The number of hydrogen-bond donors (Lipinski definition) is 0. The first-order chi connectivity index (χ1) is 45.1. The summed E-state index contributed by atoms with van der Waals surface area (Å²) in [5.74, 6) is 0.963. The summed E-state index contributed by atoms with van der Waals surface area (Å²) in [6.07, 6.45) is -4.89. The van der Waals surface area contributed by atoms with E-state index in [0.29, 0.717) is 95.2 Å². The van der Waals surface area contributed by atoms with Gasteiger partial charge >= 0.3 is 6.18 Å². The molecule has 0 aliphatic carbocycles. The lowest BCUT2D eigenvalue weighted by molar-refractivity contribution is -0.137. The topological polar surface area (TPSA) is 144 Å². The van der Waals surface area contributed by atoms with E-state index in [0.717, 1.165) is 61.0 Å². The number of aromatic nitrogens is 5. The molecular weight excluding hydrogens is 1140 g/mol. The van der Waals surface area contributed by atoms with Gasteiger partial charge in [-0.1, -0.05) is 158 Å². The molecule has 0 spiro atoms. The van der Waals surface area contributed by atoms with Gasteiger partial charge in [-0.25, -0.2) is 15.0 Å². The lowest BCUT2D eigenvalue weighted by Gasteiger charge is -2.21. The quantitative estimate of drug-likeness (QED) is 0.133. The summed E-state index contributed by atoms with van der Waals surface area (Å²) in [6.45, 7) is 0. The monoisotopic (exact) mass is 1190 g/mol. The highest BCUT2D eigenvalue weighted by molar-refractivity contribution is 6.14. The second kappa shape index (κ2) is 22.6. The third-order valence-corrected chi connectivity index (χ3v) is 17.0. The van der Waals surface area contributed by atoms with Gasteiger partial charge in [0.2, 0.25) is 0 Å². The zero-order chi connectivity index (χ0) is 62.6. The maximum Gasteiger partial charge on any atom is 0.417 e. The third-order valence-electron chi connectivity index (χ3n) is 17.0. The Kier molecular flexibility index (Phi) is 13.7. The summed E-state index contributed by atoms with van der Waals surface area (Å²) in [5.41, 5.74) is 12.3. The van der Waals surface area contributed by atoms with E-state index in [2.05, 4.69) is 24.3 Å². The van der Waals surface area contributed by atoms with Crippen molar-refractivity contribution in [3.05, 3.63) is 295 Å². The molecule has 12 aromatic carbocycles. The Morgan fingerprint density at radius 1 is 0.283 bits per heavy atom. The van der Waals surface area contributed by atoms with Gasteiger partial charge in [-0.15, -0.1) is 0 Å². The molecule has 9 nitrogen and oxygen atoms in total. The van der Waals surface area contributed by atoms with Crippen LogP contribution in [0.15, 0.2) is 267 Å². The number of alkyl halides is 3. The molecule has 0 aliphatic rings. The number of benzene rings is 12. The molecule has 430 valence electrons. The number of hydrogen-bond acceptors (Lipinski definition) is 7. The van der Waals surface area contributed by atoms with Crippen LogP contribution < -0.4 is 0 Å². The summed E-state index contributed by atoms with van der Waals surface area (Å²) in [4.78, 5) is 15.1. The lowest BCUT2D eigenvalue weighted by Crippen LogP contribution is -2.10. The van der Waals surface area contributed by atoms with Crippen molar-refractivity contribution in [3.63, 3.8) is 0 Å². The third kappa shape index (κ3) is 9.62. The molecule has 12 heteroatoms. The molecule has 15 rings (SSSR count). The Labute approximate surface area is 525 Å². The average molecular weight is 1190 g/mol. The molecule has 0 unspecified atom stereocenters. The molecule has 3 aromatic heterocycles. The van der Waals surface area contributed by atoms with Crippen molar-refractivity contribution in [2.24, 2.45) is 0 Å². The Balaban J connectivity index is 1.03. The first-order valence-electron chi connectivity index (χ1n) is 29.5. The normalized spacial score (nSPS) is 11.4. The summed E-state index contributed by atoms with van der Waals surface area (Å²) in [5, 5.41) is 44.2. The van der Waals surface area contributed by atoms with E-state index in [9.17, 15) is 21.0 Å². The summed E-state index contributed by atoms with van der Waals surface area (Å²) < 4.78 is 53.5. The molecule has 0 atom stereocenters. The summed E-state index contributed by atoms with van der Waals surface area (Å²) >= 11 is 0. The van der Waals surface area contributed by atoms with Crippen molar-refractivity contribution < 1.29 is 13.2 Å². The van der Waals surface area contributed by atoms with E-state index in [1.165, 1.54) is 6.07 Å². The number of rotatable bonds is 10. The molecule has 0 saturated carbocycles. The maximum absolute atomic E-state index is 16.5. The highest BCUT2D eigenvalue weighted by Gasteiger charge is 2.36. The van der Waals surface area contributed by atoms with Gasteiger partial charge in [0.15, 0.2) is 17.5 Å². The first kappa shape index (κ1) is 55.6. The predicted molar refractivity (Wildman–Crippen MR) is 356 cm³/mol. The van der Waals surface area contributed by atoms with Crippen LogP contribution in [0.2, 0.25) is 0 Å². The SMILES string of the molecule is N#Cc1ccccc1-c1ccc2c(c1)c1cc(-c3ccccc3C#N)ccc1n2-c1ccc(C(F)(F)F)c(-c2cc(-c3nc(-c4ccccc4)nc(-c4ccccc4)n3)ccc2-n2c3ccc(-c4ccccc4C#N)cc3c3cc(-c4ccccc4C#N)ccc32)c1. The molecule has 0 saturated heterocycles. The van der Waals surface area contributed by atoms with Gasteiger partial charge in [0.05, 0.1) is 79.8 Å². The van der Waals surface area contributed by atoms with E-state index in [1.54, 1.807) is 36.4 Å². The predicted octanol–water partition coefficient (Wildman–Crippen LogP) is 19.9. The maximum atomic E-state index is 16.5. The van der Waals surface area contributed by atoms with Gasteiger partial charge in [0, 0.05) is 49.5 Å². The summed E-state index contributed by atoms with van der Waals surface area (Å²) in [6, 6.07) is 90.7. The zero-order valence-electron chi connectivity index (χ0n) is 48.6. The standard InChI is InChI=1S/C80H44F3N9/c81-80(82,83)71-33-32-60(91-72-34-27-51(61-23-11-7-19-56(61)45-84)39-67(72)68-40-52(28-35-73(68)91)62-24-12-8-20-57(62)46-85)44-65(71)66-43-55(79-89-77(49-15-3-1-4-16-49)88-78(90-79)50-17-5-2-6-18-50)31-38-74(66)92-75-36-29-53(63-25-13-9-21-58(63)47-86)41-69(75)70-42-54(30-37-76(70)92)64-26-14-10-22-59(64)48-87/h1-44H. The van der Waals surface area contributed by atoms with E-state index in [4.69, 9.17) is 15.0 Å². The number of halogens is 3. The first-order valence-corrected chi connectivity index (χ1v) is 29.5. The molecule has 92 heavy (non-hydrogen) atoms. The van der Waals surface area contributed by atoms with Crippen LogP contribution in [0, 0.1) is 45.3 Å². The Hall–Kier alpha value is -13.0. The molecule has 0 bridgehead atoms. The van der Waals surface area contributed by atoms with E-state index >= 15 is 13.2 Å². The van der Waals surface area contributed by atoms with Crippen molar-refractivity contribution in [1.29, 1.82) is 21.0 Å². The number of fused-ring (bicyclic) bond motifs is 6. The van der Waals surface area contributed by atoms with Gasteiger partial charge in [-0.3, -0.25) is 0 Å². The molecule has 0 fully saturated rings. The lowest BCUT2D eigenvalue weighted by atomic mass is 9.94. The molecule has 0 radical (unpaired) electrons. The van der Waals surface area contributed by atoms with Crippen molar-refractivity contribution in [2.45, 2.75) is 6.18 Å². The van der Waals surface area contributed by atoms with Crippen molar-refractivity contribution in [2.75, 3.05) is 0 Å². The summed E-state index contributed by atoms with van der Waals surface area (Å²) in [7, 11) is 0. The van der Waals surface area contributed by atoms with Gasteiger partial charge in [-0.05, 0) is 159 Å². The van der Waals surface area contributed by atoms with Crippen LogP contribution >= 0.6 is 0 Å². The second-order valence-electron chi connectivity index (χ2n) is 22.2. The van der Waals surface area contributed by atoms with Gasteiger partial charge in [0.25, 0.3) is 0 Å². The van der Waals surface area contributed by atoms with Crippen molar-refractivity contribution >= 4 is 43.6 Å². The number of nitriles is 4. The minimum Gasteiger partial charge on any atom is -0.309 e. The minimum atomic E-state index is -4.89. The fourth-order valence-electron chi connectivity index (χ4n) is 12.7. The van der Waals surface area contributed by atoms with Crippen molar-refractivity contribution in [1.82, 2.24) is 24.1 Å². The molecule has 15 aromatic rings. The minimum absolute atomic E-state index is 0.143. The average Bonchev–Trinajstić information content (AvgIpc) is 1.62. The van der Waals surface area contributed by atoms with Gasteiger partial charge in [-0.2, -0.15) is 34.2 Å². The Morgan fingerprint density at radius 2 is 0.620 bits per heavy atom. The van der Waals surface area contributed by atoms with Crippen LogP contribution in [0.5, 0.6) is 0 Å². The van der Waals surface area contributed by atoms with Crippen LogP contribution in [-0.4, -0.2) is 24.1 Å². The van der Waals surface area contributed by atoms with Crippen LogP contribution in [0.25, 0.3) is 145 Å². The van der Waals surface area contributed by atoms with Crippen LogP contribution in [-0.2, 0) is 6.18 Å². The van der Waals surface area contributed by atoms with Gasteiger partial charge in [0.1, 0.15) is 0 Å². The largest absolute Gasteiger partial charge is 0.417 e. The Morgan fingerprint density at radius 3 is 0.989 bits per heavy atom. The van der Waals surface area contributed by atoms with Crippen LogP contribution in [0.4, 0.5) is 13.2 Å². The zero-order valence-corrected chi connectivity index (χ0v) is 48.6. The smallest absolute Gasteiger partial charge is 0.309 e. The van der Waals surface area contributed by atoms with E-state index in [-0.39, 0.29) is 17.0 Å². The van der Waals surface area contributed by atoms with E-state index in [1.807, 2.05) is 228 Å². The van der Waals surface area contributed by atoms with Crippen LogP contribution in [0.3, 0.4) is 0 Å². The highest BCUT2D eigenvalue weighted by Crippen LogP contribution is 2.47. The molecular formula is C80H44F3N9. The van der Waals surface area contributed by atoms with Crippen molar-refractivity contribution in [3.8, 4) is 125 Å². The Bertz CT molecular complexity index is 5410. The fourth-order valence-corrected chi connectivity index (χ4v) is 12.7. The number of nitrogens with zero attached hydrogens (tertiary/aromatic N) is 9. The molecule has 0 aliphatic heterocycles.